The molecule has 1 aliphatic heterocycles. The molecule has 0 bridgehead atoms. The molecule has 0 atom stereocenters. The van der Waals surface area contributed by atoms with Crippen molar-refractivity contribution in [3.63, 3.8) is 0 Å². The summed E-state index contributed by atoms with van der Waals surface area (Å²) in [4.78, 5) is 46.2. The Balaban J connectivity index is 2.30. The van der Waals surface area contributed by atoms with Crippen LogP contribution >= 0.6 is 0 Å². The van der Waals surface area contributed by atoms with Crippen LogP contribution in [0, 0.1) is 22.5 Å². The fourth-order valence-corrected chi connectivity index (χ4v) is 1.91. The molecule has 1 aliphatic rings. The molecule has 0 fully saturated rings. The minimum Gasteiger partial charge on any atom is -0.344 e. The van der Waals surface area contributed by atoms with Crippen molar-refractivity contribution in [2.75, 3.05) is 18.0 Å². The van der Waals surface area contributed by atoms with Crippen molar-refractivity contribution in [2.45, 2.75) is 0 Å². The van der Waals surface area contributed by atoms with Crippen LogP contribution in [0.15, 0.2) is 18.2 Å². The first kappa shape index (κ1) is 14.2. The maximum Gasteiger partial charge on any atom is 0.299 e. The zero-order chi connectivity index (χ0) is 15.6. The summed E-state index contributed by atoms with van der Waals surface area (Å²) in [6.45, 7) is -0.376. The topological polar surface area (TPSA) is 110 Å². The molecule has 0 aromatic heterocycles. The molecule has 8 nitrogen and oxygen atoms in total. The lowest BCUT2D eigenvalue weighted by molar-refractivity contribution is -0.384. The van der Waals surface area contributed by atoms with Crippen LogP contribution in [0.3, 0.4) is 0 Å². The summed E-state index contributed by atoms with van der Waals surface area (Å²) < 4.78 is 0. The number of hydrogen-bond donors (Lipinski definition) is 1. The van der Waals surface area contributed by atoms with Crippen molar-refractivity contribution in [1.82, 2.24) is 5.32 Å². The molecule has 2 amide bonds. The first-order valence-corrected chi connectivity index (χ1v) is 5.80. The standard InChI is InChI=1S/C13H9N3O5/c1-2-5-14-11(17)7-15-10-4-3-8(16(20)21)6-9(10)12(18)13(15)19/h1,3-4,6H,5,7H2,(H,14,17). The number of non-ortho nitro benzene ring substituents is 1. The average molecular weight is 287 g/mol. The Morgan fingerprint density at radius 1 is 1.43 bits per heavy atom. The number of nitrogens with zero attached hydrogens (tertiary/aromatic N) is 2. The highest BCUT2D eigenvalue weighted by Crippen LogP contribution is 2.31. The van der Waals surface area contributed by atoms with Crippen molar-refractivity contribution in [3.05, 3.63) is 33.9 Å². The van der Waals surface area contributed by atoms with E-state index in [-0.39, 0.29) is 30.0 Å². The minimum absolute atomic E-state index is 0.00191. The average Bonchev–Trinajstić information content (AvgIpc) is 2.70. The number of amides is 2. The third-order valence-electron chi connectivity index (χ3n) is 2.86. The molecule has 1 N–H and O–H groups in total. The SMILES string of the molecule is C#CCNC(=O)CN1C(=O)C(=O)c2cc([N+](=O)[O-])ccc21. The van der Waals surface area contributed by atoms with E-state index in [4.69, 9.17) is 6.42 Å². The maximum absolute atomic E-state index is 11.8. The Morgan fingerprint density at radius 2 is 2.14 bits per heavy atom. The number of benzene rings is 1. The molecule has 21 heavy (non-hydrogen) atoms. The van der Waals surface area contributed by atoms with E-state index in [0.29, 0.717) is 0 Å². The largest absolute Gasteiger partial charge is 0.344 e. The van der Waals surface area contributed by atoms with E-state index in [2.05, 4.69) is 11.2 Å². The number of nitro benzene ring substituents is 1. The van der Waals surface area contributed by atoms with Gasteiger partial charge in [0, 0.05) is 12.1 Å². The monoisotopic (exact) mass is 287 g/mol. The predicted octanol–water partition coefficient (Wildman–Crippen LogP) is -0.127. The normalized spacial score (nSPS) is 12.8. The maximum atomic E-state index is 11.8. The van der Waals surface area contributed by atoms with Gasteiger partial charge in [-0.2, -0.15) is 0 Å². The highest BCUT2D eigenvalue weighted by Gasteiger charge is 2.37. The van der Waals surface area contributed by atoms with E-state index in [0.717, 1.165) is 17.0 Å². The van der Waals surface area contributed by atoms with Crippen LogP contribution in [0.4, 0.5) is 11.4 Å². The molecular weight excluding hydrogens is 278 g/mol. The van der Waals surface area contributed by atoms with E-state index < -0.39 is 22.5 Å². The van der Waals surface area contributed by atoms with E-state index in [9.17, 15) is 24.5 Å². The second-order valence-corrected chi connectivity index (χ2v) is 4.16. The lowest BCUT2D eigenvalue weighted by Gasteiger charge is -2.15. The van der Waals surface area contributed by atoms with Crippen molar-refractivity contribution < 1.29 is 19.3 Å². The van der Waals surface area contributed by atoms with Crippen LogP contribution in [-0.2, 0) is 9.59 Å². The summed E-state index contributed by atoms with van der Waals surface area (Å²) in [5.41, 5.74) is -0.209. The quantitative estimate of drug-likeness (QED) is 0.359. The van der Waals surface area contributed by atoms with E-state index in [1.54, 1.807) is 0 Å². The van der Waals surface area contributed by atoms with Gasteiger partial charge >= 0.3 is 0 Å². The van der Waals surface area contributed by atoms with Gasteiger partial charge in [-0.25, -0.2) is 0 Å². The van der Waals surface area contributed by atoms with Gasteiger partial charge in [-0.05, 0) is 6.07 Å². The molecule has 1 aromatic carbocycles. The Labute approximate surface area is 118 Å². The van der Waals surface area contributed by atoms with E-state index in [1.165, 1.54) is 6.07 Å². The van der Waals surface area contributed by atoms with Crippen LogP contribution in [0.1, 0.15) is 10.4 Å². The van der Waals surface area contributed by atoms with Crippen LogP contribution in [0.25, 0.3) is 0 Å². The summed E-state index contributed by atoms with van der Waals surface area (Å²) in [5, 5.41) is 13.0. The summed E-state index contributed by atoms with van der Waals surface area (Å²) in [6, 6.07) is 3.46. The highest BCUT2D eigenvalue weighted by molar-refractivity contribution is 6.52. The lowest BCUT2D eigenvalue weighted by atomic mass is 10.1. The molecule has 0 radical (unpaired) electrons. The number of fused-ring (bicyclic) bond motifs is 1. The summed E-state index contributed by atoms with van der Waals surface area (Å²) >= 11 is 0. The molecule has 0 aliphatic carbocycles. The molecule has 106 valence electrons. The van der Waals surface area contributed by atoms with Gasteiger partial charge in [-0.15, -0.1) is 6.42 Å². The molecule has 2 rings (SSSR count). The second-order valence-electron chi connectivity index (χ2n) is 4.16. The Kier molecular flexibility index (Phi) is 3.67. The molecule has 0 saturated heterocycles. The Hall–Kier alpha value is -3.21. The fourth-order valence-electron chi connectivity index (χ4n) is 1.91. The number of carbonyl (C=O) groups is 3. The van der Waals surface area contributed by atoms with Crippen LogP contribution in [-0.4, -0.2) is 35.6 Å². The number of nitro groups is 1. The molecule has 0 saturated carbocycles. The lowest BCUT2D eigenvalue weighted by Crippen LogP contribution is -2.40. The summed E-state index contributed by atoms with van der Waals surface area (Å²) in [6.07, 6.45) is 4.99. The van der Waals surface area contributed by atoms with Gasteiger partial charge in [0.15, 0.2) is 0 Å². The van der Waals surface area contributed by atoms with E-state index >= 15 is 0 Å². The molecule has 1 aromatic rings. The highest BCUT2D eigenvalue weighted by atomic mass is 16.6. The number of Topliss-reactive ketones (excluding diaryl/α,β-unsaturated/α-hetero) is 1. The minimum atomic E-state index is -0.902. The van der Waals surface area contributed by atoms with Gasteiger partial charge in [0.05, 0.1) is 22.7 Å². The number of nitrogens with one attached hydrogen (secondary N) is 1. The first-order chi connectivity index (χ1) is 9.95. The van der Waals surface area contributed by atoms with Gasteiger partial charge < -0.3 is 5.32 Å². The number of hydrogen-bond acceptors (Lipinski definition) is 5. The zero-order valence-electron chi connectivity index (χ0n) is 10.7. The molecule has 0 spiro atoms. The third-order valence-corrected chi connectivity index (χ3v) is 2.86. The number of carbonyl (C=O) groups excluding carboxylic acids is 3. The van der Waals surface area contributed by atoms with Gasteiger partial charge in [0.1, 0.15) is 6.54 Å². The fraction of sp³-hybridized carbons (Fsp3) is 0.154. The smallest absolute Gasteiger partial charge is 0.299 e. The van der Waals surface area contributed by atoms with Crippen LogP contribution in [0.5, 0.6) is 0 Å². The van der Waals surface area contributed by atoms with Crippen LogP contribution in [0.2, 0.25) is 0 Å². The van der Waals surface area contributed by atoms with Gasteiger partial charge in [0.2, 0.25) is 5.91 Å². The van der Waals surface area contributed by atoms with Crippen molar-refractivity contribution in [2.24, 2.45) is 0 Å². The number of anilines is 1. The first-order valence-electron chi connectivity index (χ1n) is 5.80. The Morgan fingerprint density at radius 3 is 2.76 bits per heavy atom. The van der Waals surface area contributed by atoms with Gasteiger partial charge in [-0.3, -0.25) is 29.4 Å². The molecule has 0 unspecified atom stereocenters. The number of ketones is 1. The van der Waals surface area contributed by atoms with E-state index in [1.807, 2.05) is 0 Å². The van der Waals surface area contributed by atoms with Crippen molar-refractivity contribution >= 4 is 29.0 Å². The van der Waals surface area contributed by atoms with Crippen LogP contribution < -0.4 is 10.2 Å². The summed E-state index contributed by atoms with van der Waals surface area (Å²) in [5.74, 6) is -0.100. The number of rotatable bonds is 4. The molecular formula is C13H9N3O5. The van der Waals surface area contributed by atoms with Crippen molar-refractivity contribution in [1.29, 1.82) is 0 Å². The van der Waals surface area contributed by atoms with Crippen molar-refractivity contribution in [3.8, 4) is 12.3 Å². The molecule has 1 heterocycles. The van der Waals surface area contributed by atoms with Gasteiger partial charge in [-0.1, -0.05) is 5.92 Å². The van der Waals surface area contributed by atoms with Gasteiger partial charge in [0.25, 0.3) is 17.4 Å². The molecule has 8 heteroatoms. The predicted molar refractivity (Wildman–Crippen MR) is 71.6 cm³/mol. The Bertz CT molecular complexity index is 704. The summed E-state index contributed by atoms with van der Waals surface area (Å²) in [7, 11) is 0. The third kappa shape index (κ3) is 2.57. The second kappa shape index (κ2) is 5.42. The number of terminal acetylenes is 1. The zero-order valence-corrected chi connectivity index (χ0v) is 10.7.